The number of rotatable bonds is 6. The van der Waals surface area contributed by atoms with E-state index in [1.54, 1.807) is 0 Å². The van der Waals surface area contributed by atoms with Crippen molar-refractivity contribution in [1.82, 2.24) is 5.32 Å². The van der Waals surface area contributed by atoms with Crippen molar-refractivity contribution in [2.75, 3.05) is 26.0 Å². The highest BCUT2D eigenvalue weighted by atomic mass is 32.2. The minimum Gasteiger partial charge on any atom is -0.381 e. The molecule has 0 radical (unpaired) electrons. The van der Waals surface area contributed by atoms with E-state index < -0.39 is 9.84 Å². The molecule has 0 aromatic rings. The van der Waals surface area contributed by atoms with Gasteiger partial charge in [0, 0.05) is 19.3 Å². The predicted molar refractivity (Wildman–Crippen MR) is 65.4 cm³/mol. The van der Waals surface area contributed by atoms with Gasteiger partial charge in [-0.2, -0.15) is 0 Å². The van der Waals surface area contributed by atoms with Gasteiger partial charge in [-0.25, -0.2) is 8.42 Å². The highest BCUT2D eigenvalue weighted by Crippen LogP contribution is 2.17. The lowest BCUT2D eigenvalue weighted by Crippen LogP contribution is -2.31. The van der Waals surface area contributed by atoms with E-state index in [-0.39, 0.29) is 5.25 Å². The van der Waals surface area contributed by atoms with Crippen LogP contribution in [0.5, 0.6) is 0 Å². The normalized spacial score (nSPS) is 20.9. The van der Waals surface area contributed by atoms with E-state index in [2.05, 4.69) is 12.2 Å². The van der Waals surface area contributed by atoms with Crippen molar-refractivity contribution in [3.8, 4) is 0 Å². The van der Waals surface area contributed by atoms with E-state index in [1.807, 2.05) is 7.05 Å². The molecule has 0 amide bonds. The maximum absolute atomic E-state index is 12.0. The SMILES string of the molecule is CNC(C)CCCS(=O)(=O)C1CCOCC1. The summed E-state index contributed by atoms with van der Waals surface area (Å²) in [6.07, 6.45) is 3.01. The summed E-state index contributed by atoms with van der Waals surface area (Å²) in [5, 5.41) is 2.95. The molecule has 16 heavy (non-hydrogen) atoms. The predicted octanol–water partition coefficient (Wildman–Crippen LogP) is 0.968. The fraction of sp³-hybridized carbons (Fsp3) is 1.00. The molecule has 4 nitrogen and oxygen atoms in total. The number of ether oxygens (including phenoxy) is 1. The van der Waals surface area contributed by atoms with Gasteiger partial charge in [0.2, 0.25) is 0 Å². The summed E-state index contributed by atoms with van der Waals surface area (Å²) in [6, 6.07) is 0.393. The average Bonchev–Trinajstić information content (AvgIpc) is 2.30. The van der Waals surface area contributed by atoms with Crippen molar-refractivity contribution in [3.05, 3.63) is 0 Å². The number of hydrogen-bond acceptors (Lipinski definition) is 4. The first-order valence-corrected chi connectivity index (χ1v) is 7.74. The topological polar surface area (TPSA) is 55.4 Å². The first kappa shape index (κ1) is 13.9. The Kier molecular flexibility index (Phi) is 5.72. The van der Waals surface area contributed by atoms with Crippen molar-refractivity contribution < 1.29 is 13.2 Å². The molecule has 1 unspecified atom stereocenters. The molecule has 0 saturated carbocycles. The third kappa shape index (κ3) is 4.39. The summed E-state index contributed by atoms with van der Waals surface area (Å²) in [6.45, 7) is 3.26. The average molecular weight is 249 g/mol. The molecule has 1 N–H and O–H groups in total. The van der Waals surface area contributed by atoms with Gasteiger partial charge in [0.25, 0.3) is 0 Å². The lowest BCUT2D eigenvalue weighted by molar-refractivity contribution is 0.0983. The second-order valence-corrected chi connectivity index (χ2v) is 6.91. The summed E-state index contributed by atoms with van der Waals surface area (Å²) >= 11 is 0. The van der Waals surface area contributed by atoms with Gasteiger partial charge >= 0.3 is 0 Å². The summed E-state index contributed by atoms with van der Waals surface area (Å²) in [4.78, 5) is 0. The van der Waals surface area contributed by atoms with Gasteiger partial charge in [-0.15, -0.1) is 0 Å². The summed E-state index contributed by atoms with van der Waals surface area (Å²) in [5.41, 5.74) is 0. The van der Waals surface area contributed by atoms with E-state index in [0.717, 1.165) is 12.8 Å². The molecule has 96 valence electrons. The van der Waals surface area contributed by atoms with Crippen LogP contribution in [0.25, 0.3) is 0 Å². The molecule has 0 bridgehead atoms. The van der Waals surface area contributed by atoms with Crippen molar-refractivity contribution in [2.24, 2.45) is 0 Å². The Bertz CT molecular complexity index is 284. The maximum Gasteiger partial charge on any atom is 0.153 e. The van der Waals surface area contributed by atoms with Crippen LogP contribution in [0.3, 0.4) is 0 Å². The molecule has 1 aliphatic heterocycles. The zero-order valence-electron chi connectivity index (χ0n) is 10.2. The minimum absolute atomic E-state index is 0.161. The van der Waals surface area contributed by atoms with Crippen LogP contribution in [0.1, 0.15) is 32.6 Å². The van der Waals surface area contributed by atoms with E-state index in [9.17, 15) is 8.42 Å². The second-order valence-electron chi connectivity index (χ2n) is 4.51. The number of sulfone groups is 1. The maximum atomic E-state index is 12.0. The van der Waals surface area contributed by atoms with Gasteiger partial charge in [0.1, 0.15) is 0 Å². The van der Waals surface area contributed by atoms with Gasteiger partial charge in [-0.3, -0.25) is 0 Å². The Morgan fingerprint density at radius 1 is 1.38 bits per heavy atom. The molecular formula is C11H23NO3S. The zero-order valence-corrected chi connectivity index (χ0v) is 11.1. The summed E-state index contributed by atoms with van der Waals surface area (Å²) in [7, 11) is -0.995. The molecule has 5 heteroatoms. The van der Waals surface area contributed by atoms with Gasteiger partial charge in [0.15, 0.2) is 9.84 Å². The minimum atomic E-state index is -2.90. The van der Waals surface area contributed by atoms with Crippen molar-refractivity contribution in [1.29, 1.82) is 0 Å². The van der Waals surface area contributed by atoms with Gasteiger partial charge in [0.05, 0.1) is 11.0 Å². The molecule has 0 spiro atoms. The quantitative estimate of drug-likeness (QED) is 0.762. The van der Waals surface area contributed by atoms with Crippen LogP contribution in [0.4, 0.5) is 0 Å². The molecule has 1 heterocycles. The molecule has 0 aromatic carbocycles. The largest absolute Gasteiger partial charge is 0.381 e. The number of nitrogens with one attached hydrogen (secondary N) is 1. The molecule has 1 atom stereocenters. The Labute approximate surface area is 98.7 Å². The van der Waals surface area contributed by atoms with Crippen LogP contribution in [0.2, 0.25) is 0 Å². The standard InChI is InChI=1S/C11H23NO3S/c1-10(12-2)4-3-9-16(13,14)11-5-7-15-8-6-11/h10-12H,3-9H2,1-2H3. The molecule has 1 rings (SSSR count). The van der Waals surface area contributed by atoms with Gasteiger partial charge < -0.3 is 10.1 Å². The first-order chi connectivity index (χ1) is 7.56. The third-order valence-corrected chi connectivity index (χ3v) is 5.58. The lowest BCUT2D eigenvalue weighted by Gasteiger charge is -2.22. The van der Waals surface area contributed by atoms with Crippen molar-refractivity contribution >= 4 is 9.84 Å². The fourth-order valence-corrected chi connectivity index (χ4v) is 3.75. The summed E-state index contributed by atoms with van der Waals surface area (Å²) in [5.74, 6) is 0.323. The summed E-state index contributed by atoms with van der Waals surface area (Å²) < 4.78 is 29.1. The zero-order chi connectivity index (χ0) is 12.0. The van der Waals surface area contributed by atoms with E-state index >= 15 is 0 Å². The first-order valence-electron chi connectivity index (χ1n) is 6.03. The van der Waals surface area contributed by atoms with Crippen molar-refractivity contribution in [3.63, 3.8) is 0 Å². The van der Waals surface area contributed by atoms with Crippen LogP contribution in [0, 0.1) is 0 Å². The van der Waals surface area contributed by atoms with E-state index in [4.69, 9.17) is 4.74 Å². The highest BCUT2D eigenvalue weighted by molar-refractivity contribution is 7.92. The Morgan fingerprint density at radius 2 is 2.00 bits per heavy atom. The lowest BCUT2D eigenvalue weighted by atomic mass is 10.2. The van der Waals surface area contributed by atoms with Crippen LogP contribution >= 0.6 is 0 Å². The molecule has 1 aliphatic rings. The van der Waals surface area contributed by atoms with Gasteiger partial charge in [-0.1, -0.05) is 0 Å². The Morgan fingerprint density at radius 3 is 2.56 bits per heavy atom. The monoisotopic (exact) mass is 249 g/mol. The molecular weight excluding hydrogens is 226 g/mol. The van der Waals surface area contributed by atoms with Crippen LogP contribution in [-0.4, -0.2) is 45.7 Å². The van der Waals surface area contributed by atoms with E-state index in [0.29, 0.717) is 37.9 Å². The third-order valence-electron chi connectivity index (χ3n) is 3.23. The smallest absolute Gasteiger partial charge is 0.153 e. The molecule has 0 aromatic heterocycles. The molecule has 1 saturated heterocycles. The number of hydrogen-bond donors (Lipinski definition) is 1. The van der Waals surface area contributed by atoms with Gasteiger partial charge in [-0.05, 0) is 39.7 Å². The van der Waals surface area contributed by atoms with E-state index in [1.165, 1.54) is 0 Å². The molecule has 0 aliphatic carbocycles. The fourth-order valence-electron chi connectivity index (χ4n) is 1.94. The Hall–Kier alpha value is -0.130. The molecule has 1 fully saturated rings. The van der Waals surface area contributed by atoms with Crippen molar-refractivity contribution in [2.45, 2.75) is 43.9 Å². The Balaban J connectivity index is 2.33. The second kappa shape index (κ2) is 6.57. The highest BCUT2D eigenvalue weighted by Gasteiger charge is 2.27. The van der Waals surface area contributed by atoms with Crippen LogP contribution in [0.15, 0.2) is 0 Å². The van der Waals surface area contributed by atoms with Crippen LogP contribution in [-0.2, 0) is 14.6 Å². The van der Waals surface area contributed by atoms with Crippen LogP contribution < -0.4 is 5.32 Å².